The normalized spacial score (nSPS) is 24.6. The Morgan fingerprint density at radius 3 is 2.11 bits per heavy atom. The van der Waals surface area contributed by atoms with Crippen molar-refractivity contribution in [2.24, 2.45) is 11.1 Å². The van der Waals surface area contributed by atoms with Crippen molar-refractivity contribution in [1.29, 1.82) is 0 Å². The van der Waals surface area contributed by atoms with Crippen molar-refractivity contribution in [2.75, 3.05) is 13.2 Å². The van der Waals surface area contributed by atoms with Crippen molar-refractivity contribution in [3.8, 4) is 0 Å². The standard InChI is InChI=1S/C19H19Cl2NO3S2/c1-2-25-11-19(18(22)26)16(12-3-5-13(20)6-4-12)17(19)27(23,24)15-9-7-14(21)8-10-15/h3-10,16-17H,2,11H2,1H3,(H2,22,26)/t16-,17+,19-/m1/s1. The van der Waals surface area contributed by atoms with Crippen LogP contribution in [0.4, 0.5) is 0 Å². The minimum Gasteiger partial charge on any atom is -0.393 e. The molecule has 0 amide bonds. The first-order chi connectivity index (χ1) is 12.7. The van der Waals surface area contributed by atoms with Crippen LogP contribution >= 0.6 is 35.4 Å². The van der Waals surface area contributed by atoms with Crippen LogP contribution in [-0.2, 0) is 14.6 Å². The van der Waals surface area contributed by atoms with Crippen molar-refractivity contribution in [3.05, 3.63) is 64.1 Å². The highest BCUT2D eigenvalue weighted by molar-refractivity contribution is 7.92. The van der Waals surface area contributed by atoms with E-state index in [1.165, 1.54) is 12.1 Å². The average Bonchev–Trinajstić information content (AvgIpc) is 3.32. The van der Waals surface area contributed by atoms with Crippen molar-refractivity contribution < 1.29 is 13.2 Å². The molecule has 0 aromatic heterocycles. The molecule has 0 saturated heterocycles. The van der Waals surface area contributed by atoms with E-state index in [2.05, 4.69) is 0 Å². The number of halogens is 2. The van der Waals surface area contributed by atoms with E-state index < -0.39 is 26.4 Å². The quantitative estimate of drug-likeness (QED) is 0.647. The Labute approximate surface area is 174 Å². The zero-order valence-electron chi connectivity index (χ0n) is 14.6. The molecular weight excluding hydrogens is 425 g/mol. The largest absolute Gasteiger partial charge is 0.393 e. The van der Waals surface area contributed by atoms with Crippen LogP contribution in [0.25, 0.3) is 0 Å². The molecule has 2 N–H and O–H groups in total. The van der Waals surface area contributed by atoms with Crippen LogP contribution < -0.4 is 5.73 Å². The summed E-state index contributed by atoms with van der Waals surface area (Å²) in [5, 5.41) is 0.229. The number of sulfone groups is 1. The van der Waals surface area contributed by atoms with Crippen LogP contribution in [0.3, 0.4) is 0 Å². The van der Waals surface area contributed by atoms with E-state index in [0.717, 1.165) is 5.56 Å². The lowest BCUT2D eigenvalue weighted by atomic mass is 10.00. The fourth-order valence-corrected chi connectivity index (χ4v) is 6.60. The summed E-state index contributed by atoms with van der Waals surface area (Å²) in [5.41, 5.74) is 5.91. The van der Waals surface area contributed by atoms with Gasteiger partial charge in [0.1, 0.15) is 0 Å². The Kier molecular flexibility index (Phi) is 5.85. The Morgan fingerprint density at radius 1 is 1.11 bits per heavy atom. The molecule has 0 bridgehead atoms. The molecule has 27 heavy (non-hydrogen) atoms. The van der Waals surface area contributed by atoms with Crippen molar-refractivity contribution in [2.45, 2.75) is 23.0 Å². The Morgan fingerprint density at radius 2 is 1.63 bits per heavy atom. The first-order valence-corrected chi connectivity index (χ1v) is 11.1. The summed E-state index contributed by atoms with van der Waals surface area (Å²) >= 11 is 17.2. The molecule has 4 nitrogen and oxygen atoms in total. The van der Waals surface area contributed by atoms with Gasteiger partial charge in [0, 0.05) is 22.6 Å². The number of rotatable bonds is 7. The highest BCUT2D eigenvalue weighted by atomic mass is 35.5. The highest BCUT2D eigenvalue weighted by Gasteiger charge is 2.73. The maximum atomic E-state index is 13.4. The number of benzene rings is 2. The predicted octanol–water partition coefficient (Wildman–Crippen LogP) is 4.24. The third kappa shape index (κ3) is 3.61. The zero-order chi connectivity index (χ0) is 19.8. The Balaban J connectivity index is 2.10. The molecule has 1 fully saturated rings. The highest BCUT2D eigenvalue weighted by Crippen LogP contribution is 2.64. The van der Waals surface area contributed by atoms with Gasteiger partial charge in [-0.3, -0.25) is 0 Å². The van der Waals surface area contributed by atoms with Crippen LogP contribution in [0.1, 0.15) is 18.4 Å². The number of hydrogen-bond acceptors (Lipinski definition) is 4. The molecule has 3 rings (SSSR count). The van der Waals surface area contributed by atoms with Crippen molar-refractivity contribution in [3.63, 3.8) is 0 Å². The van der Waals surface area contributed by atoms with Crippen LogP contribution in [-0.4, -0.2) is 31.9 Å². The summed E-state index contributed by atoms with van der Waals surface area (Å²) in [6.07, 6.45) is 0. The van der Waals surface area contributed by atoms with Gasteiger partial charge in [-0.1, -0.05) is 47.6 Å². The van der Waals surface area contributed by atoms with Gasteiger partial charge >= 0.3 is 0 Å². The van der Waals surface area contributed by atoms with E-state index >= 15 is 0 Å². The van der Waals surface area contributed by atoms with Gasteiger partial charge in [-0.25, -0.2) is 8.42 Å². The monoisotopic (exact) mass is 443 g/mol. The van der Waals surface area contributed by atoms with Crippen LogP contribution in [0.5, 0.6) is 0 Å². The predicted molar refractivity (Wildman–Crippen MR) is 112 cm³/mol. The van der Waals surface area contributed by atoms with Crippen LogP contribution in [0, 0.1) is 5.41 Å². The SMILES string of the molecule is CCOC[C@@]1(C(N)=S)[C@H](c2ccc(Cl)cc2)[C@@H]1S(=O)(=O)c1ccc(Cl)cc1. The third-order valence-corrected chi connectivity index (χ3v) is 8.14. The van der Waals surface area contributed by atoms with Crippen molar-refractivity contribution >= 4 is 50.2 Å². The van der Waals surface area contributed by atoms with Crippen molar-refractivity contribution in [1.82, 2.24) is 0 Å². The summed E-state index contributed by atoms with van der Waals surface area (Å²) in [5.74, 6) is -0.403. The Hall–Kier alpha value is -1.18. The maximum Gasteiger partial charge on any atom is 0.182 e. The summed E-state index contributed by atoms with van der Waals surface area (Å²) in [6, 6.07) is 13.2. The number of thiocarbonyl (C=S) groups is 1. The van der Waals surface area contributed by atoms with Gasteiger partial charge < -0.3 is 10.5 Å². The molecule has 3 atom stereocenters. The first-order valence-electron chi connectivity index (χ1n) is 8.37. The molecule has 1 saturated carbocycles. The van der Waals surface area contributed by atoms with Crippen LogP contribution in [0.2, 0.25) is 10.0 Å². The van der Waals surface area contributed by atoms with Gasteiger partial charge in [-0.15, -0.1) is 0 Å². The zero-order valence-corrected chi connectivity index (χ0v) is 17.7. The molecular formula is C19H19Cl2NO3S2. The molecule has 144 valence electrons. The lowest BCUT2D eigenvalue weighted by Crippen LogP contribution is -2.33. The summed E-state index contributed by atoms with van der Waals surface area (Å²) in [4.78, 5) is 0.323. The van der Waals surface area contributed by atoms with Gasteiger partial charge in [-0.05, 0) is 48.9 Å². The summed E-state index contributed by atoms with van der Waals surface area (Å²) < 4.78 is 32.4. The number of nitrogens with two attached hydrogens (primary N) is 1. The second kappa shape index (κ2) is 7.68. The molecule has 1 aliphatic carbocycles. The van der Waals surface area contributed by atoms with E-state index in [9.17, 15) is 8.42 Å². The third-order valence-electron chi connectivity index (χ3n) is 4.97. The van der Waals surface area contributed by atoms with E-state index in [0.29, 0.717) is 16.7 Å². The van der Waals surface area contributed by atoms with Gasteiger partial charge in [-0.2, -0.15) is 0 Å². The molecule has 1 aliphatic rings. The van der Waals surface area contributed by atoms with Gasteiger partial charge in [0.2, 0.25) is 0 Å². The van der Waals surface area contributed by atoms with E-state index in [1.54, 1.807) is 24.3 Å². The smallest absolute Gasteiger partial charge is 0.182 e. The first kappa shape index (κ1) is 20.6. The second-order valence-electron chi connectivity index (χ2n) is 6.49. The second-order valence-corrected chi connectivity index (χ2v) is 9.87. The van der Waals surface area contributed by atoms with Gasteiger partial charge in [0.05, 0.1) is 27.2 Å². The molecule has 0 radical (unpaired) electrons. The molecule has 0 heterocycles. The minimum absolute atomic E-state index is 0.137. The summed E-state index contributed by atoms with van der Waals surface area (Å²) in [7, 11) is -3.71. The molecule has 8 heteroatoms. The molecule has 0 spiro atoms. The fourth-order valence-electron chi connectivity index (χ4n) is 3.58. The van der Waals surface area contributed by atoms with Gasteiger partial charge in [0.15, 0.2) is 9.84 Å². The topological polar surface area (TPSA) is 69.4 Å². The molecule has 0 unspecified atom stereocenters. The molecule has 0 aliphatic heterocycles. The lowest BCUT2D eigenvalue weighted by molar-refractivity contribution is 0.121. The van der Waals surface area contributed by atoms with Gasteiger partial charge in [0.25, 0.3) is 0 Å². The average molecular weight is 444 g/mol. The summed E-state index contributed by atoms with van der Waals surface area (Å²) in [6.45, 7) is 2.42. The van der Waals surface area contributed by atoms with E-state index in [4.69, 9.17) is 45.9 Å². The van der Waals surface area contributed by atoms with E-state index in [-0.39, 0.29) is 16.5 Å². The fraction of sp³-hybridized carbons (Fsp3) is 0.316. The maximum absolute atomic E-state index is 13.4. The molecule has 2 aromatic rings. The van der Waals surface area contributed by atoms with Crippen LogP contribution in [0.15, 0.2) is 53.4 Å². The Bertz CT molecular complexity index is 946. The molecule has 2 aromatic carbocycles. The number of ether oxygens (including phenoxy) is 1. The number of hydrogen-bond donors (Lipinski definition) is 1. The minimum atomic E-state index is -3.71. The van der Waals surface area contributed by atoms with E-state index in [1.807, 2.05) is 19.1 Å². The lowest BCUT2D eigenvalue weighted by Gasteiger charge is -2.17.